The molecule has 0 radical (unpaired) electrons. The minimum atomic E-state index is -4.40. The van der Waals surface area contributed by atoms with Gasteiger partial charge in [0.05, 0.1) is 17.9 Å². The third-order valence-electron chi connectivity index (χ3n) is 2.81. The van der Waals surface area contributed by atoms with Crippen molar-refractivity contribution in [2.24, 2.45) is 5.73 Å². The van der Waals surface area contributed by atoms with E-state index in [1.807, 2.05) is 0 Å². The number of anilines is 1. The fourth-order valence-electron chi connectivity index (χ4n) is 1.70. The maximum atomic E-state index is 12.4. The number of aromatic amines is 1. The van der Waals surface area contributed by atoms with Gasteiger partial charge in [-0.05, 0) is 24.3 Å². The van der Waals surface area contributed by atoms with Crippen LogP contribution in [-0.2, 0) is 17.4 Å². The number of halogens is 3. The fourth-order valence-corrected chi connectivity index (χ4v) is 1.70. The maximum absolute atomic E-state index is 12.4. The van der Waals surface area contributed by atoms with E-state index in [4.69, 9.17) is 5.73 Å². The molecular weight excluding hydrogens is 285 g/mol. The topological polar surface area (TPSA) is 83.8 Å². The molecule has 0 saturated carbocycles. The van der Waals surface area contributed by atoms with Crippen molar-refractivity contribution in [2.75, 3.05) is 5.32 Å². The summed E-state index contributed by atoms with van der Waals surface area (Å²) in [5.74, 6) is -0.482. The summed E-state index contributed by atoms with van der Waals surface area (Å²) in [7, 11) is 0. The van der Waals surface area contributed by atoms with Gasteiger partial charge in [0.2, 0.25) is 5.91 Å². The van der Waals surface area contributed by atoms with Crippen LogP contribution in [0, 0.1) is 0 Å². The second-order valence-electron chi connectivity index (χ2n) is 4.45. The number of hydrogen-bond donors (Lipinski definition) is 3. The number of carbonyl (C=O) groups excluding carboxylic acids is 1. The number of amides is 1. The third kappa shape index (κ3) is 4.06. The van der Waals surface area contributed by atoms with Crippen LogP contribution in [0.15, 0.2) is 36.8 Å². The maximum Gasteiger partial charge on any atom is 0.416 e. The average Bonchev–Trinajstić information content (AvgIpc) is 2.91. The van der Waals surface area contributed by atoms with E-state index in [2.05, 4.69) is 15.3 Å². The van der Waals surface area contributed by atoms with Crippen LogP contribution in [0.2, 0.25) is 0 Å². The quantitative estimate of drug-likeness (QED) is 0.806. The van der Waals surface area contributed by atoms with Gasteiger partial charge in [0, 0.05) is 24.0 Å². The van der Waals surface area contributed by atoms with Crippen molar-refractivity contribution in [3.63, 3.8) is 0 Å². The molecule has 8 heteroatoms. The standard InChI is InChI=1S/C13H13F3N4O/c14-13(15,16)8-1-3-9(4-2-8)20-12(21)11(17)5-10-6-18-7-19-10/h1-4,6-7,11H,5,17H2,(H,18,19)(H,20,21)/t11-/m0/s1. The molecule has 1 aromatic carbocycles. The number of nitrogens with zero attached hydrogens (tertiary/aromatic N) is 1. The molecule has 4 N–H and O–H groups in total. The van der Waals surface area contributed by atoms with Gasteiger partial charge in [0.1, 0.15) is 0 Å². The smallest absolute Gasteiger partial charge is 0.348 e. The number of nitrogens with one attached hydrogen (secondary N) is 2. The Labute approximate surface area is 118 Å². The highest BCUT2D eigenvalue weighted by molar-refractivity contribution is 5.94. The Kier molecular flexibility index (Phi) is 4.27. The predicted molar refractivity (Wildman–Crippen MR) is 70.3 cm³/mol. The lowest BCUT2D eigenvalue weighted by Crippen LogP contribution is -2.37. The van der Waals surface area contributed by atoms with Gasteiger partial charge in [-0.3, -0.25) is 4.79 Å². The number of imidazole rings is 1. The van der Waals surface area contributed by atoms with Gasteiger partial charge in [-0.15, -0.1) is 0 Å². The van der Waals surface area contributed by atoms with Gasteiger partial charge in [-0.25, -0.2) is 4.98 Å². The van der Waals surface area contributed by atoms with Crippen molar-refractivity contribution in [3.05, 3.63) is 48.0 Å². The number of alkyl halides is 3. The predicted octanol–water partition coefficient (Wildman–Crippen LogP) is 1.94. The molecule has 1 aromatic heterocycles. The summed E-state index contributed by atoms with van der Waals surface area (Å²) in [6, 6.07) is 3.34. The molecular formula is C13H13F3N4O. The Morgan fingerprint density at radius 3 is 2.52 bits per heavy atom. The Morgan fingerprint density at radius 1 is 1.33 bits per heavy atom. The third-order valence-corrected chi connectivity index (χ3v) is 2.81. The molecule has 21 heavy (non-hydrogen) atoms. The van der Waals surface area contributed by atoms with Crippen molar-refractivity contribution >= 4 is 11.6 Å². The van der Waals surface area contributed by atoms with E-state index in [1.165, 1.54) is 18.5 Å². The summed E-state index contributed by atoms with van der Waals surface area (Å²) in [6.45, 7) is 0. The molecule has 0 aliphatic heterocycles. The SMILES string of the molecule is N[C@@H](Cc1cnc[nH]1)C(=O)Nc1ccc(C(F)(F)F)cc1. The number of nitrogens with two attached hydrogens (primary N) is 1. The summed E-state index contributed by atoms with van der Waals surface area (Å²) in [5, 5.41) is 2.47. The summed E-state index contributed by atoms with van der Waals surface area (Å²) >= 11 is 0. The molecule has 0 saturated heterocycles. The van der Waals surface area contributed by atoms with Crippen LogP contribution in [0.1, 0.15) is 11.3 Å². The first kappa shape index (κ1) is 15.0. The van der Waals surface area contributed by atoms with E-state index in [1.54, 1.807) is 6.20 Å². The van der Waals surface area contributed by atoms with Gasteiger partial charge >= 0.3 is 6.18 Å². The monoisotopic (exact) mass is 298 g/mol. The van der Waals surface area contributed by atoms with E-state index < -0.39 is 23.7 Å². The van der Waals surface area contributed by atoms with Crippen molar-refractivity contribution in [1.29, 1.82) is 0 Å². The van der Waals surface area contributed by atoms with E-state index in [9.17, 15) is 18.0 Å². The zero-order chi connectivity index (χ0) is 15.5. The minimum absolute atomic E-state index is 0.256. The highest BCUT2D eigenvalue weighted by atomic mass is 19.4. The second kappa shape index (κ2) is 5.96. The Balaban J connectivity index is 1.96. The molecule has 112 valence electrons. The zero-order valence-electron chi connectivity index (χ0n) is 10.8. The number of benzene rings is 1. The summed E-state index contributed by atoms with van der Waals surface area (Å²) in [4.78, 5) is 18.4. The molecule has 1 atom stereocenters. The first-order valence-corrected chi connectivity index (χ1v) is 6.07. The molecule has 0 spiro atoms. The number of H-pyrrole nitrogens is 1. The molecule has 0 aliphatic rings. The molecule has 0 bridgehead atoms. The zero-order valence-corrected chi connectivity index (χ0v) is 10.8. The molecule has 0 fully saturated rings. The highest BCUT2D eigenvalue weighted by Gasteiger charge is 2.30. The Hall–Kier alpha value is -2.35. The molecule has 1 heterocycles. The minimum Gasteiger partial charge on any atom is -0.348 e. The van der Waals surface area contributed by atoms with Gasteiger partial charge in [-0.2, -0.15) is 13.2 Å². The highest BCUT2D eigenvalue weighted by Crippen LogP contribution is 2.29. The van der Waals surface area contributed by atoms with E-state index >= 15 is 0 Å². The number of rotatable bonds is 4. The lowest BCUT2D eigenvalue weighted by Gasteiger charge is -2.12. The number of carbonyl (C=O) groups is 1. The summed E-state index contributed by atoms with van der Waals surface area (Å²) < 4.78 is 37.2. The van der Waals surface area contributed by atoms with Crippen LogP contribution >= 0.6 is 0 Å². The largest absolute Gasteiger partial charge is 0.416 e. The van der Waals surface area contributed by atoms with Crippen LogP contribution in [0.5, 0.6) is 0 Å². The molecule has 0 unspecified atom stereocenters. The first-order chi connectivity index (χ1) is 9.86. The molecule has 2 aromatic rings. The van der Waals surface area contributed by atoms with Gasteiger partial charge < -0.3 is 16.0 Å². The molecule has 0 aliphatic carbocycles. The Morgan fingerprint density at radius 2 is 2.00 bits per heavy atom. The fraction of sp³-hybridized carbons (Fsp3) is 0.231. The molecule has 5 nitrogen and oxygen atoms in total. The number of aromatic nitrogens is 2. The van der Waals surface area contributed by atoms with Crippen LogP contribution in [0.25, 0.3) is 0 Å². The van der Waals surface area contributed by atoms with Crippen LogP contribution in [0.4, 0.5) is 18.9 Å². The van der Waals surface area contributed by atoms with E-state index in [0.717, 1.165) is 12.1 Å². The Bertz CT molecular complexity index is 593. The van der Waals surface area contributed by atoms with E-state index in [-0.39, 0.29) is 12.1 Å². The van der Waals surface area contributed by atoms with Crippen LogP contribution in [-0.4, -0.2) is 21.9 Å². The van der Waals surface area contributed by atoms with Gasteiger partial charge in [0.15, 0.2) is 0 Å². The van der Waals surface area contributed by atoms with Crippen LogP contribution in [0.3, 0.4) is 0 Å². The summed E-state index contributed by atoms with van der Waals surface area (Å²) in [6.07, 6.45) is -1.13. The van der Waals surface area contributed by atoms with Crippen molar-refractivity contribution in [2.45, 2.75) is 18.6 Å². The average molecular weight is 298 g/mol. The number of hydrogen-bond acceptors (Lipinski definition) is 3. The van der Waals surface area contributed by atoms with Gasteiger partial charge in [-0.1, -0.05) is 0 Å². The van der Waals surface area contributed by atoms with Crippen molar-refractivity contribution in [3.8, 4) is 0 Å². The van der Waals surface area contributed by atoms with Crippen LogP contribution < -0.4 is 11.1 Å². The lowest BCUT2D eigenvalue weighted by atomic mass is 10.1. The normalized spacial score (nSPS) is 13.0. The van der Waals surface area contributed by atoms with E-state index in [0.29, 0.717) is 5.69 Å². The van der Waals surface area contributed by atoms with Gasteiger partial charge in [0.25, 0.3) is 0 Å². The summed E-state index contributed by atoms with van der Waals surface area (Å²) in [5.41, 5.74) is 5.90. The van der Waals surface area contributed by atoms with Crippen molar-refractivity contribution in [1.82, 2.24) is 9.97 Å². The second-order valence-corrected chi connectivity index (χ2v) is 4.45. The molecule has 2 rings (SSSR count). The first-order valence-electron chi connectivity index (χ1n) is 6.07. The van der Waals surface area contributed by atoms with Crippen molar-refractivity contribution < 1.29 is 18.0 Å². The molecule has 1 amide bonds. The lowest BCUT2D eigenvalue weighted by molar-refractivity contribution is -0.137.